The molecular formula is C23H26N2O2. The number of H-pyrrole nitrogens is 1. The SMILES string of the molecule is CCC(C)Cc1[nH]c(-c2ccccc2C)nc1C(=O)OCc1ccccc1. The standard InChI is InChI=1S/C23H26N2O2/c1-4-16(2)14-20-21(23(26)27-15-18-11-6-5-7-12-18)25-22(24-20)19-13-9-8-10-17(19)3/h5-13,16H,4,14-15H2,1-3H3,(H,24,25). The van der Waals surface area contributed by atoms with E-state index in [1.54, 1.807) is 0 Å². The summed E-state index contributed by atoms with van der Waals surface area (Å²) >= 11 is 0. The van der Waals surface area contributed by atoms with Gasteiger partial charge in [-0.15, -0.1) is 0 Å². The third-order valence-electron chi connectivity index (χ3n) is 4.83. The van der Waals surface area contributed by atoms with Gasteiger partial charge in [0.2, 0.25) is 0 Å². The van der Waals surface area contributed by atoms with Gasteiger partial charge < -0.3 is 9.72 Å². The van der Waals surface area contributed by atoms with E-state index in [-0.39, 0.29) is 12.6 Å². The van der Waals surface area contributed by atoms with E-state index in [1.165, 1.54) is 0 Å². The van der Waals surface area contributed by atoms with E-state index < -0.39 is 0 Å². The quantitative estimate of drug-likeness (QED) is 0.578. The van der Waals surface area contributed by atoms with Crippen LogP contribution in [-0.2, 0) is 17.8 Å². The van der Waals surface area contributed by atoms with Crippen LogP contribution in [0.15, 0.2) is 54.6 Å². The fourth-order valence-corrected chi connectivity index (χ4v) is 2.98. The van der Waals surface area contributed by atoms with Crippen LogP contribution in [-0.4, -0.2) is 15.9 Å². The van der Waals surface area contributed by atoms with Crippen molar-refractivity contribution in [3.05, 3.63) is 77.1 Å². The number of aromatic nitrogens is 2. The molecule has 1 atom stereocenters. The summed E-state index contributed by atoms with van der Waals surface area (Å²) in [5.41, 5.74) is 4.32. The third kappa shape index (κ3) is 4.64. The number of nitrogens with one attached hydrogen (secondary N) is 1. The lowest BCUT2D eigenvalue weighted by atomic mass is 10.0. The summed E-state index contributed by atoms with van der Waals surface area (Å²) in [6.07, 6.45) is 1.81. The van der Waals surface area contributed by atoms with Crippen LogP contribution in [0.1, 0.15) is 47.6 Å². The van der Waals surface area contributed by atoms with Crippen LogP contribution in [0.5, 0.6) is 0 Å². The number of hydrogen-bond acceptors (Lipinski definition) is 3. The molecule has 0 fully saturated rings. The molecule has 0 saturated heterocycles. The maximum Gasteiger partial charge on any atom is 0.359 e. The van der Waals surface area contributed by atoms with E-state index in [1.807, 2.05) is 61.5 Å². The summed E-state index contributed by atoms with van der Waals surface area (Å²) in [4.78, 5) is 20.7. The van der Waals surface area contributed by atoms with Crippen molar-refractivity contribution in [3.8, 4) is 11.4 Å². The first-order valence-electron chi connectivity index (χ1n) is 9.44. The van der Waals surface area contributed by atoms with Crippen LogP contribution in [0, 0.1) is 12.8 Å². The zero-order chi connectivity index (χ0) is 19.2. The Labute approximate surface area is 160 Å². The first-order chi connectivity index (χ1) is 13.1. The maximum absolute atomic E-state index is 12.7. The molecule has 1 heterocycles. The van der Waals surface area contributed by atoms with E-state index in [0.717, 1.165) is 41.1 Å². The second-order valence-electron chi connectivity index (χ2n) is 7.01. The zero-order valence-corrected chi connectivity index (χ0v) is 16.2. The number of nitrogens with zero attached hydrogens (tertiary/aromatic N) is 1. The van der Waals surface area contributed by atoms with E-state index in [4.69, 9.17) is 4.74 Å². The number of rotatable bonds is 7. The molecule has 1 aromatic heterocycles. The largest absolute Gasteiger partial charge is 0.456 e. The number of hydrogen-bond donors (Lipinski definition) is 1. The Bertz CT molecular complexity index is 900. The molecule has 1 unspecified atom stereocenters. The molecule has 3 aromatic rings. The van der Waals surface area contributed by atoms with Crippen molar-refractivity contribution in [1.29, 1.82) is 0 Å². The molecule has 0 aliphatic carbocycles. The predicted octanol–water partition coefficient (Wildman–Crippen LogP) is 5.33. The van der Waals surface area contributed by atoms with Crippen molar-refractivity contribution >= 4 is 5.97 Å². The van der Waals surface area contributed by atoms with Gasteiger partial charge in [0.1, 0.15) is 12.4 Å². The molecule has 0 bridgehead atoms. The smallest absolute Gasteiger partial charge is 0.359 e. The molecule has 4 nitrogen and oxygen atoms in total. The van der Waals surface area contributed by atoms with Gasteiger partial charge in [0.05, 0.1) is 5.69 Å². The summed E-state index contributed by atoms with van der Waals surface area (Å²) < 4.78 is 5.53. The predicted molar refractivity (Wildman–Crippen MR) is 107 cm³/mol. The highest BCUT2D eigenvalue weighted by Gasteiger charge is 2.21. The number of benzene rings is 2. The molecule has 2 aromatic carbocycles. The Morgan fingerprint density at radius 1 is 1.11 bits per heavy atom. The topological polar surface area (TPSA) is 55.0 Å². The Morgan fingerprint density at radius 3 is 2.52 bits per heavy atom. The summed E-state index contributed by atoms with van der Waals surface area (Å²) in [5.74, 6) is 0.794. The number of carbonyl (C=O) groups excluding carboxylic acids is 1. The number of carbonyl (C=O) groups is 1. The van der Waals surface area contributed by atoms with Gasteiger partial charge in [-0.25, -0.2) is 9.78 Å². The van der Waals surface area contributed by atoms with Gasteiger partial charge in [-0.2, -0.15) is 0 Å². The van der Waals surface area contributed by atoms with Crippen molar-refractivity contribution in [2.24, 2.45) is 5.92 Å². The molecule has 0 aliphatic heterocycles. The molecule has 27 heavy (non-hydrogen) atoms. The molecule has 1 N–H and O–H groups in total. The molecule has 0 radical (unpaired) electrons. The van der Waals surface area contributed by atoms with Crippen LogP contribution in [0.2, 0.25) is 0 Å². The van der Waals surface area contributed by atoms with E-state index in [0.29, 0.717) is 11.6 Å². The Hall–Kier alpha value is -2.88. The van der Waals surface area contributed by atoms with Crippen molar-refractivity contribution in [1.82, 2.24) is 9.97 Å². The summed E-state index contributed by atoms with van der Waals surface area (Å²) in [5, 5.41) is 0. The molecule has 3 rings (SSSR count). The summed E-state index contributed by atoms with van der Waals surface area (Å²) in [6, 6.07) is 17.7. The van der Waals surface area contributed by atoms with Gasteiger partial charge in [0, 0.05) is 5.56 Å². The van der Waals surface area contributed by atoms with Crippen molar-refractivity contribution in [2.45, 2.75) is 40.2 Å². The van der Waals surface area contributed by atoms with Crippen molar-refractivity contribution in [3.63, 3.8) is 0 Å². The lowest BCUT2D eigenvalue weighted by Gasteiger charge is -2.08. The molecule has 0 saturated carbocycles. The van der Waals surface area contributed by atoms with E-state index >= 15 is 0 Å². The highest BCUT2D eigenvalue weighted by atomic mass is 16.5. The second-order valence-corrected chi connectivity index (χ2v) is 7.01. The lowest BCUT2D eigenvalue weighted by molar-refractivity contribution is 0.0465. The maximum atomic E-state index is 12.7. The average Bonchev–Trinajstić information content (AvgIpc) is 3.10. The van der Waals surface area contributed by atoms with Crippen molar-refractivity contribution < 1.29 is 9.53 Å². The number of ether oxygens (including phenoxy) is 1. The van der Waals surface area contributed by atoms with E-state index in [9.17, 15) is 4.79 Å². The van der Waals surface area contributed by atoms with Gasteiger partial charge in [-0.1, -0.05) is 74.9 Å². The van der Waals surface area contributed by atoms with Gasteiger partial charge in [0.15, 0.2) is 5.69 Å². The Kier molecular flexibility index (Phi) is 6.07. The molecule has 0 aliphatic rings. The second kappa shape index (κ2) is 8.67. The van der Waals surface area contributed by atoms with Crippen LogP contribution >= 0.6 is 0 Å². The average molecular weight is 362 g/mol. The molecule has 4 heteroatoms. The van der Waals surface area contributed by atoms with Crippen LogP contribution in [0.4, 0.5) is 0 Å². The van der Waals surface area contributed by atoms with Crippen LogP contribution in [0.25, 0.3) is 11.4 Å². The Morgan fingerprint density at radius 2 is 1.81 bits per heavy atom. The van der Waals surface area contributed by atoms with Crippen molar-refractivity contribution in [2.75, 3.05) is 0 Å². The van der Waals surface area contributed by atoms with Crippen LogP contribution in [0.3, 0.4) is 0 Å². The number of aromatic amines is 1. The molecule has 0 spiro atoms. The highest BCUT2D eigenvalue weighted by molar-refractivity contribution is 5.89. The number of imidazole rings is 1. The lowest BCUT2D eigenvalue weighted by Crippen LogP contribution is -2.10. The Balaban J connectivity index is 1.87. The minimum absolute atomic E-state index is 0.245. The first kappa shape index (κ1) is 18.9. The molecular weight excluding hydrogens is 336 g/mol. The van der Waals surface area contributed by atoms with Gasteiger partial charge in [-0.05, 0) is 30.4 Å². The molecule has 0 amide bonds. The van der Waals surface area contributed by atoms with Gasteiger partial charge in [-0.3, -0.25) is 0 Å². The minimum atomic E-state index is -0.381. The van der Waals surface area contributed by atoms with E-state index in [2.05, 4.69) is 23.8 Å². The van der Waals surface area contributed by atoms with Gasteiger partial charge in [0.25, 0.3) is 0 Å². The molecule has 140 valence electrons. The highest BCUT2D eigenvalue weighted by Crippen LogP contribution is 2.24. The van der Waals surface area contributed by atoms with Gasteiger partial charge >= 0.3 is 5.97 Å². The fraction of sp³-hybridized carbons (Fsp3) is 0.304. The summed E-state index contributed by atoms with van der Waals surface area (Å²) in [6.45, 7) is 6.61. The third-order valence-corrected chi connectivity index (χ3v) is 4.83. The zero-order valence-electron chi connectivity index (χ0n) is 16.2. The summed E-state index contributed by atoms with van der Waals surface area (Å²) in [7, 11) is 0. The number of aryl methyl sites for hydroxylation is 1. The number of esters is 1. The minimum Gasteiger partial charge on any atom is -0.456 e. The fourth-order valence-electron chi connectivity index (χ4n) is 2.98. The van der Waals surface area contributed by atoms with Crippen LogP contribution < -0.4 is 0 Å². The normalized spacial score (nSPS) is 12.0. The first-order valence-corrected chi connectivity index (χ1v) is 9.44. The monoisotopic (exact) mass is 362 g/mol.